The molecule has 2 amide bonds. The lowest BCUT2D eigenvalue weighted by molar-refractivity contribution is -0.137. The third-order valence-electron chi connectivity index (χ3n) is 3.94. The molecule has 0 aliphatic carbocycles. The average Bonchev–Trinajstić information content (AvgIpc) is 2.54. The molecule has 21 heavy (non-hydrogen) atoms. The molecule has 0 radical (unpaired) electrons. The molecule has 1 heterocycles. The number of amides is 2. The topological polar surface area (TPSA) is 40.6 Å². The fourth-order valence-corrected chi connectivity index (χ4v) is 2.81. The summed E-state index contributed by atoms with van der Waals surface area (Å²) in [6, 6.07) is 8.06. The Morgan fingerprint density at radius 1 is 1.00 bits per heavy atom. The van der Waals surface area contributed by atoms with Crippen LogP contribution in [0.25, 0.3) is 0 Å². The Morgan fingerprint density at radius 3 is 2.05 bits per heavy atom. The molecule has 0 spiro atoms. The van der Waals surface area contributed by atoms with Crippen LogP contribution < -0.4 is 0 Å². The lowest BCUT2D eigenvalue weighted by atomic mass is 10.0. The summed E-state index contributed by atoms with van der Waals surface area (Å²) in [4.78, 5) is 27.4. The van der Waals surface area contributed by atoms with E-state index in [1.165, 1.54) is 5.56 Å². The molecule has 0 aromatic heterocycles. The highest BCUT2D eigenvalue weighted by Gasteiger charge is 2.23. The molecule has 2 rings (SSSR count). The van der Waals surface area contributed by atoms with E-state index in [1.807, 2.05) is 23.1 Å². The Hall–Kier alpha value is -1.55. The van der Waals surface area contributed by atoms with Crippen LogP contribution in [0.15, 0.2) is 24.3 Å². The van der Waals surface area contributed by atoms with E-state index in [2.05, 4.69) is 13.0 Å². The maximum atomic E-state index is 12.4. The van der Waals surface area contributed by atoms with Gasteiger partial charge in [-0.05, 0) is 17.5 Å². The summed E-state index contributed by atoms with van der Waals surface area (Å²) in [5.41, 5.74) is 2.33. The van der Waals surface area contributed by atoms with Crippen molar-refractivity contribution in [2.75, 3.05) is 32.1 Å². The van der Waals surface area contributed by atoms with Crippen LogP contribution in [0.2, 0.25) is 0 Å². The third-order valence-corrected chi connectivity index (χ3v) is 4.17. The normalized spacial score (nSPS) is 15.1. The molecular weight excluding hydrogens is 288 g/mol. The Morgan fingerprint density at radius 2 is 1.52 bits per heavy atom. The highest BCUT2D eigenvalue weighted by molar-refractivity contribution is 6.27. The van der Waals surface area contributed by atoms with Crippen molar-refractivity contribution in [1.29, 1.82) is 0 Å². The number of alkyl halides is 1. The highest BCUT2D eigenvalue weighted by atomic mass is 35.5. The number of aryl methyl sites for hydroxylation is 1. The van der Waals surface area contributed by atoms with E-state index in [9.17, 15) is 9.59 Å². The molecule has 1 fully saturated rings. The molecule has 1 aliphatic heterocycles. The molecule has 4 nitrogen and oxygen atoms in total. The van der Waals surface area contributed by atoms with Crippen molar-refractivity contribution in [2.24, 2.45) is 0 Å². The molecule has 1 saturated heterocycles. The minimum atomic E-state index is -0.0555. The summed E-state index contributed by atoms with van der Waals surface area (Å²) < 4.78 is 0. The third kappa shape index (κ3) is 3.97. The van der Waals surface area contributed by atoms with Crippen LogP contribution in [0.4, 0.5) is 0 Å². The number of halogens is 1. The Bertz CT molecular complexity index is 511. The van der Waals surface area contributed by atoms with E-state index < -0.39 is 0 Å². The number of hydrogen-bond donors (Lipinski definition) is 0. The van der Waals surface area contributed by atoms with Gasteiger partial charge in [-0.2, -0.15) is 0 Å². The number of rotatable bonds is 4. The zero-order valence-electron chi connectivity index (χ0n) is 12.3. The van der Waals surface area contributed by atoms with Crippen molar-refractivity contribution in [2.45, 2.75) is 19.8 Å². The summed E-state index contributed by atoms with van der Waals surface area (Å²) in [5, 5.41) is 0. The van der Waals surface area contributed by atoms with Crippen molar-refractivity contribution in [3.8, 4) is 0 Å². The summed E-state index contributed by atoms with van der Waals surface area (Å²) >= 11 is 5.55. The molecule has 5 heteroatoms. The van der Waals surface area contributed by atoms with Crippen LogP contribution in [0.5, 0.6) is 0 Å². The summed E-state index contributed by atoms with van der Waals surface area (Å²) in [7, 11) is 0. The lowest BCUT2D eigenvalue weighted by Gasteiger charge is -2.34. The summed E-state index contributed by atoms with van der Waals surface area (Å²) in [6.45, 7) is 4.44. The smallest absolute Gasteiger partial charge is 0.237 e. The van der Waals surface area contributed by atoms with Crippen molar-refractivity contribution >= 4 is 23.4 Å². The van der Waals surface area contributed by atoms with E-state index in [-0.39, 0.29) is 17.7 Å². The SMILES string of the molecule is CCc1ccccc1CC(=O)N1CCN(C(=O)CCl)CC1. The van der Waals surface area contributed by atoms with Crippen LogP contribution >= 0.6 is 11.6 Å². The molecule has 0 saturated carbocycles. The number of nitrogens with zero attached hydrogens (tertiary/aromatic N) is 2. The van der Waals surface area contributed by atoms with E-state index in [0.717, 1.165) is 12.0 Å². The fourth-order valence-electron chi connectivity index (χ4n) is 2.64. The van der Waals surface area contributed by atoms with Gasteiger partial charge in [-0.3, -0.25) is 9.59 Å². The molecule has 1 aromatic rings. The van der Waals surface area contributed by atoms with Gasteiger partial charge in [0.25, 0.3) is 0 Å². The standard InChI is InChI=1S/C16H21ClN2O2/c1-2-13-5-3-4-6-14(13)11-15(20)18-7-9-19(10-8-18)16(21)12-17/h3-6H,2,7-12H2,1H3. The van der Waals surface area contributed by atoms with Crippen LogP contribution in [0.3, 0.4) is 0 Å². The van der Waals surface area contributed by atoms with Crippen LogP contribution in [-0.4, -0.2) is 53.7 Å². The van der Waals surface area contributed by atoms with Crippen molar-refractivity contribution in [3.05, 3.63) is 35.4 Å². The summed E-state index contributed by atoms with van der Waals surface area (Å²) in [6.07, 6.45) is 1.37. The predicted octanol–water partition coefficient (Wildman–Crippen LogP) is 1.70. The molecule has 1 aromatic carbocycles. The monoisotopic (exact) mass is 308 g/mol. The molecular formula is C16H21ClN2O2. The zero-order valence-corrected chi connectivity index (χ0v) is 13.1. The Labute approximate surface area is 130 Å². The van der Waals surface area contributed by atoms with E-state index in [4.69, 9.17) is 11.6 Å². The number of hydrogen-bond acceptors (Lipinski definition) is 2. The Kier molecular flexibility index (Phi) is 5.62. The maximum Gasteiger partial charge on any atom is 0.237 e. The molecule has 0 unspecified atom stereocenters. The van der Waals surface area contributed by atoms with Gasteiger partial charge in [0.2, 0.25) is 11.8 Å². The molecule has 1 aliphatic rings. The first-order valence-corrected chi connectivity index (χ1v) is 7.87. The second-order valence-electron chi connectivity index (χ2n) is 5.19. The zero-order chi connectivity index (χ0) is 15.2. The first-order chi connectivity index (χ1) is 10.2. The predicted molar refractivity (Wildman–Crippen MR) is 83.4 cm³/mol. The van der Waals surface area contributed by atoms with Gasteiger partial charge < -0.3 is 9.80 Å². The van der Waals surface area contributed by atoms with Gasteiger partial charge >= 0.3 is 0 Å². The number of piperazine rings is 1. The highest BCUT2D eigenvalue weighted by Crippen LogP contribution is 2.13. The van der Waals surface area contributed by atoms with Gasteiger partial charge in [-0.1, -0.05) is 31.2 Å². The second kappa shape index (κ2) is 7.46. The first kappa shape index (κ1) is 15.8. The van der Waals surface area contributed by atoms with Gasteiger partial charge in [0.1, 0.15) is 5.88 Å². The largest absolute Gasteiger partial charge is 0.339 e. The number of benzene rings is 1. The molecule has 0 N–H and O–H groups in total. The maximum absolute atomic E-state index is 12.4. The van der Waals surface area contributed by atoms with E-state index in [1.54, 1.807) is 4.90 Å². The van der Waals surface area contributed by atoms with Crippen molar-refractivity contribution in [3.63, 3.8) is 0 Å². The van der Waals surface area contributed by atoms with Crippen LogP contribution in [0, 0.1) is 0 Å². The fraction of sp³-hybridized carbons (Fsp3) is 0.500. The number of carbonyl (C=O) groups is 2. The van der Waals surface area contributed by atoms with Crippen LogP contribution in [-0.2, 0) is 22.4 Å². The minimum absolute atomic E-state index is 0.0117. The second-order valence-corrected chi connectivity index (χ2v) is 5.46. The van der Waals surface area contributed by atoms with Gasteiger partial charge in [-0.25, -0.2) is 0 Å². The van der Waals surface area contributed by atoms with Crippen LogP contribution in [0.1, 0.15) is 18.1 Å². The van der Waals surface area contributed by atoms with Gasteiger partial charge in [-0.15, -0.1) is 11.6 Å². The van der Waals surface area contributed by atoms with Gasteiger partial charge in [0.15, 0.2) is 0 Å². The molecule has 0 atom stereocenters. The minimum Gasteiger partial charge on any atom is -0.339 e. The molecule has 0 bridgehead atoms. The molecule has 114 valence electrons. The quantitative estimate of drug-likeness (QED) is 0.794. The summed E-state index contributed by atoms with van der Waals surface area (Å²) in [5.74, 6) is 0.0895. The average molecular weight is 309 g/mol. The van der Waals surface area contributed by atoms with E-state index in [0.29, 0.717) is 32.6 Å². The van der Waals surface area contributed by atoms with E-state index >= 15 is 0 Å². The van der Waals surface area contributed by atoms with Crippen molar-refractivity contribution in [1.82, 2.24) is 9.80 Å². The number of carbonyl (C=O) groups excluding carboxylic acids is 2. The lowest BCUT2D eigenvalue weighted by Crippen LogP contribution is -2.51. The van der Waals surface area contributed by atoms with Gasteiger partial charge in [0, 0.05) is 26.2 Å². The Balaban J connectivity index is 1.92. The first-order valence-electron chi connectivity index (χ1n) is 7.34. The van der Waals surface area contributed by atoms with Crippen molar-refractivity contribution < 1.29 is 9.59 Å². The van der Waals surface area contributed by atoms with Gasteiger partial charge in [0.05, 0.1) is 6.42 Å².